The zero-order valence-electron chi connectivity index (χ0n) is 23.1. The van der Waals surface area contributed by atoms with E-state index in [4.69, 9.17) is 10.5 Å². The molecule has 1 aromatic carbocycles. The number of amides is 2. The molecule has 0 aliphatic rings. The van der Waals surface area contributed by atoms with Gasteiger partial charge in [0.1, 0.15) is 17.2 Å². The van der Waals surface area contributed by atoms with Crippen LogP contribution in [-0.4, -0.2) is 46.3 Å². The maximum atomic E-state index is 12.5. The van der Waals surface area contributed by atoms with Crippen molar-refractivity contribution in [2.24, 2.45) is 5.73 Å². The number of fused-ring (bicyclic) bond motifs is 1. The van der Waals surface area contributed by atoms with Crippen LogP contribution < -0.4 is 20.5 Å². The molecular weight excluding hydrogens is 539 g/mol. The van der Waals surface area contributed by atoms with E-state index in [2.05, 4.69) is 25.0 Å². The Labute approximate surface area is 237 Å². The van der Waals surface area contributed by atoms with Crippen molar-refractivity contribution in [3.8, 4) is 23.0 Å². The largest absolute Gasteiger partial charge is 0.573 e. The SMILES string of the molecule is NC(=O)CCCCCCCCCCCCCNC(=O)COc1ccc(-c2nc3ccc(OC(F)(F)F)cc3[nH]2)nc1. The number of nitrogens with one attached hydrogen (secondary N) is 2. The van der Waals surface area contributed by atoms with Gasteiger partial charge in [-0.05, 0) is 37.1 Å². The highest BCUT2D eigenvalue weighted by atomic mass is 19.4. The smallest absolute Gasteiger partial charge is 0.482 e. The highest BCUT2D eigenvalue weighted by Crippen LogP contribution is 2.27. The molecule has 0 radical (unpaired) electrons. The quantitative estimate of drug-likeness (QED) is 0.146. The number of unbranched alkanes of at least 4 members (excludes halogenated alkanes) is 10. The number of halogens is 3. The number of nitrogens with zero attached hydrogens (tertiary/aromatic N) is 2. The van der Waals surface area contributed by atoms with Gasteiger partial charge in [0.2, 0.25) is 5.91 Å². The number of pyridine rings is 1. The highest BCUT2D eigenvalue weighted by molar-refractivity contribution is 5.80. The highest BCUT2D eigenvalue weighted by Gasteiger charge is 2.31. The summed E-state index contributed by atoms with van der Waals surface area (Å²) in [4.78, 5) is 34.3. The van der Waals surface area contributed by atoms with Crippen LogP contribution >= 0.6 is 0 Å². The third kappa shape index (κ3) is 12.5. The van der Waals surface area contributed by atoms with Gasteiger partial charge in [-0.15, -0.1) is 13.2 Å². The lowest BCUT2D eigenvalue weighted by molar-refractivity contribution is -0.274. The van der Waals surface area contributed by atoms with Crippen molar-refractivity contribution in [1.29, 1.82) is 0 Å². The Bertz CT molecular complexity index is 1230. The van der Waals surface area contributed by atoms with Crippen molar-refractivity contribution in [3.63, 3.8) is 0 Å². The van der Waals surface area contributed by atoms with E-state index in [0.717, 1.165) is 38.5 Å². The second-order valence-corrected chi connectivity index (χ2v) is 9.94. The Balaban J connectivity index is 1.24. The normalized spacial score (nSPS) is 11.5. The van der Waals surface area contributed by atoms with Gasteiger partial charge in [-0.3, -0.25) is 9.59 Å². The number of primary amides is 1. The summed E-state index contributed by atoms with van der Waals surface area (Å²) in [5.41, 5.74) is 6.44. The fraction of sp³-hybridized carbons (Fsp3) is 0.517. The van der Waals surface area contributed by atoms with Gasteiger partial charge in [0.25, 0.3) is 5.91 Å². The molecule has 0 aliphatic carbocycles. The van der Waals surface area contributed by atoms with Crippen LogP contribution in [0.4, 0.5) is 13.2 Å². The molecular formula is C29H38F3N5O4. The molecule has 2 heterocycles. The van der Waals surface area contributed by atoms with Crippen molar-refractivity contribution >= 4 is 22.8 Å². The summed E-state index contributed by atoms with van der Waals surface area (Å²) in [6.07, 6.45) is 9.55. The second-order valence-electron chi connectivity index (χ2n) is 9.94. The number of nitrogens with two attached hydrogens (primary N) is 1. The average Bonchev–Trinajstić information content (AvgIpc) is 3.35. The molecule has 4 N–H and O–H groups in total. The first-order valence-corrected chi connectivity index (χ1v) is 14.1. The molecule has 9 nitrogen and oxygen atoms in total. The van der Waals surface area contributed by atoms with Crippen LogP contribution in [0.2, 0.25) is 0 Å². The zero-order valence-corrected chi connectivity index (χ0v) is 23.1. The Morgan fingerprint density at radius 1 is 0.878 bits per heavy atom. The summed E-state index contributed by atoms with van der Waals surface area (Å²) in [5.74, 6) is 0.0182. The van der Waals surface area contributed by atoms with Crippen molar-refractivity contribution in [2.75, 3.05) is 13.2 Å². The molecule has 2 amide bonds. The van der Waals surface area contributed by atoms with Gasteiger partial charge >= 0.3 is 6.36 Å². The minimum absolute atomic E-state index is 0.129. The summed E-state index contributed by atoms with van der Waals surface area (Å²) >= 11 is 0. The number of aromatic nitrogens is 3. The summed E-state index contributed by atoms with van der Waals surface area (Å²) < 4.78 is 46.8. The Hall–Kier alpha value is -3.83. The number of carbonyl (C=O) groups is 2. The lowest BCUT2D eigenvalue weighted by Gasteiger charge is -2.08. The fourth-order valence-electron chi connectivity index (χ4n) is 4.36. The maximum Gasteiger partial charge on any atom is 0.573 e. The number of ether oxygens (including phenoxy) is 2. The standard InChI is InChI=1S/C29H38F3N5O4/c30-29(31,32)41-21-13-15-23-25(18-21)37-28(36-23)24-16-14-22(19-35-24)40-20-27(39)34-17-11-9-7-5-3-1-2-4-6-8-10-12-26(33)38/h13-16,18-19H,1-12,17,20H2,(H2,33,38)(H,34,39)(H,36,37). The van der Waals surface area contributed by atoms with Gasteiger partial charge < -0.3 is 25.5 Å². The van der Waals surface area contributed by atoms with Gasteiger partial charge in [-0.1, -0.05) is 57.8 Å². The molecule has 41 heavy (non-hydrogen) atoms. The number of aromatic amines is 1. The number of hydrogen-bond acceptors (Lipinski definition) is 6. The molecule has 3 rings (SSSR count). The molecule has 2 aromatic heterocycles. The van der Waals surface area contributed by atoms with Gasteiger partial charge in [-0.2, -0.15) is 0 Å². The number of H-pyrrole nitrogens is 1. The minimum atomic E-state index is -4.78. The Morgan fingerprint density at radius 2 is 1.51 bits per heavy atom. The van der Waals surface area contributed by atoms with Crippen LogP contribution in [0.1, 0.15) is 77.0 Å². The van der Waals surface area contributed by atoms with E-state index >= 15 is 0 Å². The maximum absolute atomic E-state index is 12.5. The number of benzene rings is 1. The van der Waals surface area contributed by atoms with Crippen LogP contribution in [0.25, 0.3) is 22.6 Å². The van der Waals surface area contributed by atoms with Crippen molar-refractivity contribution in [3.05, 3.63) is 36.5 Å². The molecule has 0 spiro atoms. The van der Waals surface area contributed by atoms with E-state index in [1.807, 2.05) is 0 Å². The Morgan fingerprint density at radius 3 is 2.12 bits per heavy atom. The van der Waals surface area contributed by atoms with Crippen molar-refractivity contribution in [2.45, 2.75) is 83.4 Å². The lowest BCUT2D eigenvalue weighted by Crippen LogP contribution is -2.29. The summed E-state index contributed by atoms with van der Waals surface area (Å²) in [7, 11) is 0. The predicted molar refractivity (Wildman–Crippen MR) is 149 cm³/mol. The molecule has 0 unspecified atom stereocenters. The molecule has 0 saturated heterocycles. The van der Waals surface area contributed by atoms with Gasteiger partial charge in [0.05, 0.1) is 17.2 Å². The van der Waals surface area contributed by atoms with Crippen LogP contribution in [0.3, 0.4) is 0 Å². The van der Waals surface area contributed by atoms with Crippen LogP contribution in [0, 0.1) is 0 Å². The monoisotopic (exact) mass is 577 g/mol. The van der Waals surface area contributed by atoms with E-state index in [-0.39, 0.29) is 24.2 Å². The van der Waals surface area contributed by atoms with Crippen molar-refractivity contribution in [1.82, 2.24) is 20.3 Å². The first-order valence-electron chi connectivity index (χ1n) is 14.1. The number of alkyl halides is 3. The van der Waals surface area contributed by atoms with Crippen LogP contribution in [0.5, 0.6) is 11.5 Å². The molecule has 3 aromatic rings. The summed E-state index contributed by atoms with van der Waals surface area (Å²) in [6.45, 7) is 0.475. The van der Waals surface area contributed by atoms with Crippen LogP contribution in [-0.2, 0) is 9.59 Å². The topological polar surface area (TPSA) is 132 Å². The summed E-state index contributed by atoms with van der Waals surface area (Å²) in [5, 5.41) is 2.86. The molecule has 0 fully saturated rings. The molecule has 0 aliphatic heterocycles. The molecule has 224 valence electrons. The lowest BCUT2D eigenvalue weighted by atomic mass is 10.1. The summed E-state index contributed by atoms with van der Waals surface area (Å²) in [6, 6.07) is 7.13. The van der Waals surface area contributed by atoms with Crippen molar-refractivity contribution < 1.29 is 32.2 Å². The third-order valence-corrected chi connectivity index (χ3v) is 6.46. The van der Waals surface area contributed by atoms with E-state index in [9.17, 15) is 22.8 Å². The average molecular weight is 578 g/mol. The van der Waals surface area contributed by atoms with Gasteiger partial charge in [0.15, 0.2) is 12.4 Å². The predicted octanol–water partition coefficient (Wildman–Crippen LogP) is 6.19. The molecule has 0 saturated carbocycles. The van der Waals surface area contributed by atoms with E-state index < -0.39 is 6.36 Å². The first kappa shape index (κ1) is 31.7. The number of hydrogen-bond donors (Lipinski definition) is 3. The number of carbonyl (C=O) groups excluding carboxylic acids is 2. The van der Waals surface area contributed by atoms with Crippen LogP contribution in [0.15, 0.2) is 36.5 Å². The zero-order chi connectivity index (χ0) is 29.5. The second kappa shape index (κ2) is 16.4. The van der Waals surface area contributed by atoms with Gasteiger partial charge in [0, 0.05) is 19.0 Å². The molecule has 0 bridgehead atoms. The first-order chi connectivity index (χ1) is 19.7. The minimum Gasteiger partial charge on any atom is -0.482 e. The fourth-order valence-corrected chi connectivity index (χ4v) is 4.36. The number of rotatable bonds is 19. The molecule has 12 heteroatoms. The van der Waals surface area contributed by atoms with E-state index in [1.54, 1.807) is 12.1 Å². The number of imidazole rings is 1. The van der Waals surface area contributed by atoms with E-state index in [0.29, 0.717) is 41.3 Å². The Kier molecular flexibility index (Phi) is 12.7. The third-order valence-electron chi connectivity index (χ3n) is 6.46. The van der Waals surface area contributed by atoms with E-state index in [1.165, 1.54) is 56.5 Å². The molecule has 0 atom stereocenters. The van der Waals surface area contributed by atoms with Gasteiger partial charge in [-0.25, -0.2) is 9.97 Å².